The van der Waals surface area contributed by atoms with Crippen molar-refractivity contribution in [3.63, 3.8) is 0 Å². The lowest BCUT2D eigenvalue weighted by atomic mass is 10.1. The van der Waals surface area contributed by atoms with E-state index in [1.165, 1.54) is 12.1 Å². The van der Waals surface area contributed by atoms with E-state index in [9.17, 15) is 13.6 Å². The maximum atomic E-state index is 13.7. The van der Waals surface area contributed by atoms with Crippen molar-refractivity contribution >= 4 is 17.5 Å². The lowest BCUT2D eigenvalue weighted by Crippen LogP contribution is -2.23. The van der Waals surface area contributed by atoms with Gasteiger partial charge in [-0.2, -0.15) is 5.10 Å². The first kappa shape index (κ1) is 19.8. The molecule has 3 aromatic carbocycles. The van der Waals surface area contributed by atoms with Crippen molar-refractivity contribution in [1.29, 1.82) is 0 Å². The van der Waals surface area contributed by atoms with Crippen molar-refractivity contribution < 1.29 is 13.6 Å². The van der Waals surface area contributed by atoms with Crippen LogP contribution >= 0.6 is 11.6 Å². The second-order valence-corrected chi connectivity index (χ2v) is 7.08. The number of halogens is 3. The zero-order chi connectivity index (χ0) is 21.1. The molecule has 1 amide bonds. The van der Waals surface area contributed by atoms with Gasteiger partial charge in [0.1, 0.15) is 0 Å². The minimum absolute atomic E-state index is 0.0891. The summed E-state index contributed by atoms with van der Waals surface area (Å²) >= 11 is 5.92. The van der Waals surface area contributed by atoms with Crippen LogP contribution in [0.2, 0.25) is 5.02 Å². The summed E-state index contributed by atoms with van der Waals surface area (Å²) in [6.07, 6.45) is 0. The first-order valence-electron chi connectivity index (χ1n) is 9.14. The number of nitrogens with one attached hydrogen (secondary N) is 2. The Hall–Kier alpha value is -3.51. The van der Waals surface area contributed by atoms with E-state index in [0.717, 1.165) is 28.6 Å². The summed E-state index contributed by atoms with van der Waals surface area (Å²) in [5, 5.41) is 10.6. The van der Waals surface area contributed by atoms with E-state index in [1.807, 2.05) is 18.2 Å². The molecule has 7 heteroatoms. The van der Waals surface area contributed by atoms with Crippen LogP contribution in [0.25, 0.3) is 22.5 Å². The Morgan fingerprint density at radius 3 is 2.40 bits per heavy atom. The summed E-state index contributed by atoms with van der Waals surface area (Å²) in [4.78, 5) is 12.3. The Bertz CT molecular complexity index is 1190. The Morgan fingerprint density at radius 2 is 1.67 bits per heavy atom. The average Bonchev–Trinajstić information content (AvgIpc) is 3.25. The average molecular weight is 424 g/mol. The summed E-state index contributed by atoms with van der Waals surface area (Å²) in [5.74, 6) is -2.28. The van der Waals surface area contributed by atoms with Gasteiger partial charge >= 0.3 is 0 Å². The molecule has 1 aromatic heterocycles. The van der Waals surface area contributed by atoms with Gasteiger partial charge in [-0.05, 0) is 42.0 Å². The van der Waals surface area contributed by atoms with Crippen LogP contribution in [-0.2, 0) is 6.54 Å². The van der Waals surface area contributed by atoms with Crippen molar-refractivity contribution in [2.24, 2.45) is 0 Å². The molecule has 0 bridgehead atoms. The molecule has 0 fully saturated rings. The lowest BCUT2D eigenvalue weighted by molar-refractivity contribution is 0.0950. The number of rotatable bonds is 5. The molecular formula is C23H16ClF2N3O. The number of amides is 1. The maximum Gasteiger partial charge on any atom is 0.251 e. The highest BCUT2D eigenvalue weighted by Gasteiger charge is 2.11. The van der Waals surface area contributed by atoms with E-state index in [1.54, 1.807) is 36.4 Å². The van der Waals surface area contributed by atoms with Crippen LogP contribution in [0, 0.1) is 11.6 Å². The number of H-pyrrole nitrogens is 1. The van der Waals surface area contributed by atoms with Gasteiger partial charge in [-0.1, -0.05) is 48.0 Å². The SMILES string of the molecule is O=C(NCc1cccc(F)c1F)c1ccc(-c2cc(-c3ccc(Cl)cc3)[nH]n2)cc1. The number of aromatic amines is 1. The fourth-order valence-corrected chi connectivity index (χ4v) is 3.13. The second-order valence-electron chi connectivity index (χ2n) is 6.65. The Kier molecular flexibility index (Phi) is 5.59. The second kappa shape index (κ2) is 8.47. The van der Waals surface area contributed by atoms with Crippen molar-refractivity contribution in [3.8, 4) is 22.5 Å². The molecular weight excluding hydrogens is 408 g/mol. The Labute approximate surface area is 176 Å². The van der Waals surface area contributed by atoms with Crippen molar-refractivity contribution in [3.05, 3.63) is 101 Å². The van der Waals surface area contributed by atoms with Gasteiger partial charge in [0.15, 0.2) is 11.6 Å². The van der Waals surface area contributed by atoms with Gasteiger partial charge in [-0.25, -0.2) is 8.78 Å². The summed E-state index contributed by atoms with van der Waals surface area (Å²) in [5.41, 5.74) is 3.86. The fourth-order valence-electron chi connectivity index (χ4n) is 3.00. The Balaban J connectivity index is 1.44. The van der Waals surface area contributed by atoms with Crippen molar-refractivity contribution in [2.75, 3.05) is 0 Å². The zero-order valence-electron chi connectivity index (χ0n) is 15.6. The Morgan fingerprint density at radius 1 is 0.967 bits per heavy atom. The van der Waals surface area contributed by atoms with E-state index in [-0.39, 0.29) is 18.0 Å². The minimum Gasteiger partial charge on any atom is -0.348 e. The standard InChI is InChI=1S/C23H16ClF2N3O/c24-18-10-8-15(9-11-18)21-12-20(28-29-21)14-4-6-16(7-5-14)23(30)27-13-17-2-1-3-19(25)22(17)26/h1-12H,13H2,(H,27,30)(H,28,29). The molecule has 4 rings (SSSR count). The molecule has 0 aliphatic rings. The molecule has 30 heavy (non-hydrogen) atoms. The van der Waals surface area contributed by atoms with Gasteiger partial charge in [0.05, 0.1) is 11.4 Å². The van der Waals surface area contributed by atoms with E-state index in [4.69, 9.17) is 11.6 Å². The molecule has 0 unspecified atom stereocenters. The highest BCUT2D eigenvalue weighted by atomic mass is 35.5. The summed E-state index contributed by atoms with van der Waals surface area (Å²) in [7, 11) is 0. The van der Waals surface area contributed by atoms with Crippen LogP contribution in [0.5, 0.6) is 0 Å². The van der Waals surface area contributed by atoms with Crippen LogP contribution in [0.4, 0.5) is 8.78 Å². The predicted octanol–water partition coefficient (Wildman–Crippen LogP) is 5.61. The third-order valence-corrected chi connectivity index (χ3v) is 4.90. The molecule has 0 atom stereocenters. The number of carbonyl (C=O) groups is 1. The molecule has 2 N–H and O–H groups in total. The molecule has 0 saturated heterocycles. The number of hydrogen-bond acceptors (Lipinski definition) is 2. The monoisotopic (exact) mass is 423 g/mol. The molecule has 0 spiro atoms. The van der Waals surface area contributed by atoms with Gasteiger partial charge in [0.2, 0.25) is 0 Å². The number of hydrogen-bond donors (Lipinski definition) is 2. The smallest absolute Gasteiger partial charge is 0.251 e. The fraction of sp³-hybridized carbons (Fsp3) is 0.0435. The summed E-state index contributed by atoms with van der Waals surface area (Å²) in [6, 6.07) is 20.0. The summed E-state index contributed by atoms with van der Waals surface area (Å²) < 4.78 is 27.0. The van der Waals surface area contributed by atoms with Gasteiger partial charge in [0.25, 0.3) is 5.91 Å². The highest BCUT2D eigenvalue weighted by Crippen LogP contribution is 2.25. The van der Waals surface area contributed by atoms with Gasteiger partial charge in [-0.15, -0.1) is 0 Å². The highest BCUT2D eigenvalue weighted by molar-refractivity contribution is 6.30. The molecule has 4 aromatic rings. The van der Waals surface area contributed by atoms with Crippen molar-refractivity contribution in [2.45, 2.75) is 6.54 Å². The zero-order valence-corrected chi connectivity index (χ0v) is 16.4. The van der Waals surface area contributed by atoms with Gasteiger partial charge in [-0.3, -0.25) is 9.89 Å². The number of carbonyl (C=O) groups excluding carboxylic acids is 1. The third-order valence-electron chi connectivity index (χ3n) is 4.65. The van der Waals surface area contributed by atoms with E-state index >= 15 is 0 Å². The normalized spacial score (nSPS) is 10.8. The molecule has 150 valence electrons. The number of nitrogens with zero attached hydrogens (tertiary/aromatic N) is 1. The minimum atomic E-state index is -0.955. The van der Waals surface area contributed by atoms with Crippen LogP contribution < -0.4 is 5.32 Å². The predicted molar refractivity (Wildman–Crippen MR) is 112 cm³/mol. The molecule has 0 radical (unpaired) electrons. The molecule has 0 aliphatic heterocycles. The molecule has 1 heterocycles. The number of aromatic nitrogens is 2. The van der Waals surface area contributed by atoms with E-state index < -0.39 is 11.6 Å². The third kappa shape index (κ3) is 4.23. The number of benzene rings is 3. The molecule has 4 nitrogen and oxygen atoms in total. The molecule has 0 aliphatic carbocycles. The van der Waals surface area contributed by atoms with Crippen LogP contribution in [0.15, 0.2) is 72.8 Å². The first-order valence-corrected chi connectivity index (χ1v) is 9.52. The maximum absolute atomic E-state index is 13.7. The van der Waals surface area contributed by atoms with E-state index in [2.05, 4.69) is 15.5 Å². The van der Waals surface area contributed by atoms with Crippen LogP contribution in [0.1, 0.15) is 15.9 Å². The van der Waals surface area contributed by atoms with Crippen LogP contribution in [0.3, 0.4) is 0 Å². The summed E-state index contributed by atoms with van der Waals surface area (Å²) in [6.45, 7) is -0.103. The van der Waals surface area contributed by atoms with Crippen LogP contribution in [-0.4, -0.2) is 16.1 Å². The topological polar surface area (TPSA) is 57.8 Å². The lowest BCUT2D eigenvalue weighted by Gasteiger charge is -2.07. The van der Waals surface area contributed by atoms with E-state index in [0.29, 0.717) is 10.6 Å². The van der Waals surface area contributed by atoms with Gasteiger partial charge in [0, 0.05) is 28.3 Å². The quantitative estimate of drug-likeness (QED) is 0.438. The first-order chi connectivity index (χ1) is 14.5. The largest absolute Gasteiger partial charge is 0.348 e. The van der Waals surface area contributed by atoms with Crippen molar-refractivity contribution in [1.82, 2.24) is 15.5 Å². The van der Waals surface area contributed by atoms with Gasteiger partial charge < -0.3 is 5.32 Å². The molecule has 0 saturated carbocycles.